The molecule has 4 aromatic rings. The second kappa shape index (κ2) is 14.8. The Balaban J connectivity index is 1.40. The summed E-state index contributed by atoms with van der Waals surface area (Å²) in [4.78, 5) is 25.9. The molecule has 0 aliphatic carbocycles. The van der Waals surface area contributed by atoms with Crippen LogP contribution in [0, 0.1) is 13.8 Å². The SMILES string of the molecule is Cc1ccc(C(=O)c2cc(C)cn2Cc2ccc(Cl)c(C=CCCO[C@@H](Cc3ccccc3)C(=O)OC(C)C)c2)cc1. The van der Waals surface area contributed by atoms with E-state index in [1.54, 1.807) is 0 Å². The van der Waals surface area contributed by atoms with E-state index in [9.17, 15) is 9.59 Å². The van der Waals surface area contributed by atoms with Crippen molar-refractivity contribution >= 4 is 29.4 Å². The number of carbonyl (C=O) groups is 2. The molecule has 0 spiro atoms. The van der Waals surface area contributed by atoms with Gasteiger partial charge < -0.3 is 14.0 Å². The zero-order valence-electron chi connectivity index (χ0n) is 24.7. The molecule has 4 rings (SSSR count). The van der Waals surface area contributed by atoms with Crippen LogP contribution in [0.2, 0.25) is 5.02 Å². The van der Waals surface area contributed by atoms with Gasteiger partial charge in [-0.05, 0) is 74.6 Å². The van der Waals surface area contributed by atoms with Crippen molar-refractivity contribution < 1.29 is 19.1 Å². The fourth-order valence-corrected chi connectivity index (χ4v) is 4.86. The van der Waals surface area contributed by atoms with Crippen LogP contribution < -0.4 is 0 Å². The maximum Gasteiger partial charge on any atom is 0.335 e. The summed E-state index contributed by atoms with van der Waals surface area (Å²) in [6, 6.07) is 25.3. The van der Waals surface area contributed by atoms with Crippen LogP contribution in [-0.4, -0.2) is 35.1 Å². The molecule has 6 heteroatoms. The molecule has 0 bridgehead atoms. The van der Waals surface area contributed by atoms with E-state index in [2.05, 4.69) is 0 Å². The number of aromatic nitrogens is 1. The minimum Gasteiger partial charge on any atom is -0.461 e. The highest BCUT2D eigenvalue weighted by Gasteiger charge is 2.22. The van der Waals surface area contributed by atoms with Gasteiger partial charge in [-0.2, -0.15) is 0 Å². The number of nitrogens with zero attached hydrogens (tertiary/aromatic N) is 1. The summed E-state index contributed by atoms with van der Waals surface area (Å²) in [5.41, 5.74) is 6.40. The molecular weight excluding hydrogens is 546 g/mol. The van der Waals surface area contributed by atoms with Gasteiger partial charge in [0.25, 0.3) is 0 Å². The first kappa shape index (κ1) is 31.0. The van der Waals surface area contributed by atoms with E-state index in [0.29, 0.717) is 42.3 Å². The highest BCUT2D eigenvalue weighted by atomic mass is 35.5. The Kier molecular flexibility index (Phi) is 10.9. The number of benzene rings is 3. The van der Waals surface area contributed by atoms with Gasteiger partial charge in [0.05, 0.1) is 18.4 Å². The molecule has 0 aliphatic rings. The Bertz CT molecular complexity index is 1520. The zero-order valence-corrected chi connectivity index (χ0v) is 25.4. The maximum absolute atomic E-state index is 13.3. The molecular formula is C36H38ClNO4. The second-order valence-corrected chi connectivity index (χ2v) is 11.2. The maximum atomic E-state index is 13.3. The van der Waals surface area contributed by atoms with Crippen LogP contribution in [0.5, 0.6) is 0 Å². The number of ketones is 1. The molecule has 0 fully saturated rings. The molecule has 3 aromatic carbocycles. The van der Waals surface area contributed by atoms with E-state index in [4.69, 9.17) is 21.1 Å². The van der Waals surface area contributed by atoms with Gasteiger partial charge >= 0.3 is 5.97 Å². The van der Waals surface area contributed by atoms with Crippen molar-refractivity contribution in [1.29, 1.82) is 0 Å². The molecule has 0 amide bonds. The molecule has 0 saturated heterocycles. The highest BCUT2D eigenvalue weighted by molar-refractivity contribution is 6.32. The Labute approximate surface area is 253 Å². The second-order valence-electron chi connectivity index (χ2n) is 10.8. The van der Waals surface area contributed by atoms with Crippen LogP contribution in [0.15, 0.2) is 91.1 Å². The molecule has 0 unspecified atom stereocenters. The van der Waals surface area contributed by atoms with Crippen molar-refractivity contribution in [3.05, 3.63) is 135 Å². The van der Waals surface area contributed by atoms with E-state index in [0.717, 1.165) is 27.8 Å². The lowest BCUT2D eigenvalue weighted by atomic mass is 10.1. The van der Waals surface area contributed by atoms with Gasteiger partial charge in [0.15, 0.2) is 6.10 Å². The molecule has 5 nitrogen and oxygen atoms in total. The fraction of sp³-hybridized carbons (Fsp3) is 0.278. The number of rotatable bonds is 13. The van der Waals surface area contributed by atoms with Gasteiger partial charge in [-0.3, -0.25) is 4.79 Å². The molecule has 42 heavy (non-hydrogen) atoms. The summed E-state index contributed by atoms with van der Waals surface area (Å²) < 4.78 is 13.4. The summed E-state index contributed by atoms with van der Waals surface area (Å²) in [5.74, 6) is -0.353. The summed E-state index contributed by atoms with van der Waals surface area (Å²) in [6.45, 7) is 8.57. The van der Waals surface area contributed by atoms with Crippen molar-refractivity contribution in [2.24, 2.45) is 0 Å². The average molecular weight is 584 g/mol. The first-order chi connectivity index (χ1) is 20.2. The molecule has 0 saturated carbocycles. The predicted molar refractivity (Wildman–Crippen MR) is 169 cm³/mol. The number of esters is 1. The lowest BCUT2D eigenvalue weighted by Gasteiger charge is -2.18. The van der Waals surface area contributed by atoms with Crippen LogP contribution in [0.1, 0.15) is 64.1 Å². The monoisotopic (exact) mass is 583 g/mol. The Morgan fingerprint density at radius 2 is 1.64 bits per heavy atom. The van der Waals surface area contributed by atoms with E-state index in [1.165, 1.54) is 0 Å². The lowest BCUT2D eigenvalue weighted by Crippen LogP contribution is -2.31. The quantitative estimate of drug-likeness (QED) is 0.0908. The number of hydrogen-bond donors (Lipinski definition) is 0. The molecule has 1 atom stereocenters. The molecule has 1 aromatic heterocycles. The van der Waals surface area contributed by atoms with Gasteiger partial charge in [-0.25, -0.2) is 4.79 Å². The first-order valence-corrected chi connectivity index (χ1v) is 14.7. The van der Waals surface area contributed by atoms with E-state index in [-0.39, 0.29) is 17.9 Å². The molecule has 0 radical (unpaired) electrons. The number of ether oxygens (including phenoxy) is 2. The van der Waals surface area contributed by atoms with Crippen molar-refractivity contribution in [2.75, 3.05) is 6.61 Å². The average Bonchev–Trinajstić information content (AvgIpc) is 3.33. The van der Waals surface area contributed by atoms with Gasteiger partial charge in [0.2, 0.25) is 5.78 Å². The third-order valence-corrected chi connectivity index (χ3v) is 7.12. The normalized spacial score (nSPS) is 12.1. The fourth-order valence-electron chi connectivity index (χ4n) is 4.68. The third kappa shape index (κ3) is 8.78. The molecule has 0 N–H and O–H groups in total. The van der Waals surface area contributed by atoms with Gasteiger partial charge in [0.1, 0.15) is 0 Å². The smallest absolute Gasteiger partial charge is 0.335 e. The third-order valence-electron chi connectivity index (χ3n) is 6.77. The van der Waals surface area contributed by atoms with Crippen LogP contribution in [0.4, 0.5) is 0 Å². The summed E-state index contributed by atoms with van der Waals surface area (Å²) >= 11 is 6.52. The van der Waals surface area contributed by atoms with Crippen molar-refractivity contribution in [3.63, 3.8) is 0 Å². The summed E-state index contributed by atoms with van der Waals surface area (Å²) in [6.07, 6.45) is 6.14. The van der Waals surface area contributed by atoms with Gasteiger partial charge in [0, 0.05) is 29.7 Å². The Morgan fingerprint density at radius 1 is 0.905 bits per heavy atom. The summed E-state index contributed by atoms with van der Waals surface area (Å²) in [7, 11) is 0. The van der Waals surface area contributed by atoms with Gasteiger partial charge in [-0.1, -0.05) is 90.0 Å². The van der Waals surface area contributed by atoms with Crippen LogP contribution in [0.3, 0.4) is 0 Å². The van der Waals surface area contributed by atoms with Crippen molar-refractivity contribution in [2.45, 2.75) is 59.3 Å². The summed E-state index contributed by atoms with van der Waals surface area (Å²) in [5, 5.41) is 0.637. The molecule has 1 heterocycles. The van der Waals surface area contributed by atoms with Crippen LogP contribution in [-0.2, 0) is 27.2 Å². The predicted octanol–water partition coefficient (Wildman–Crippen LogP) is 8.02. The minimum absolute atomic E-state index is 0.0000251. The lowest BCUT2D eigenvalue weighted by molar-refractivity contribution is -0.161. The molecule has 0 aliphatic heterocycles. The van der Waals surface area contributed by atoms with Crippen LogP contribution >= 0.6 is 11.6 Å². The zero-order chi connectivity index (χ0) is 30.1. The van der Waals surface area contributed by atoms with E-state index < -0.39 is 6.10 Å². The number of hydrogen-bond acceptors (Lipinski definition) is 4. The number of carbonyl (C=O) groups excluding carboxylic acids is 2. The van der Waals surface area contributed by atoms with Gasteiger partial charge in [-0.15, -0.1) is 0 Å². The topological polar surface area (TPSA) is 57.5 Å². The van der Waals surface area contributed by atoms with Crippen LogP contribution in [0.25, 0.3) is 6.08 Å². The van der Waals surface area contributed by atoms with Crippen molar-refractivity contribution in [3.8, 4) is 0 Å². The largest absolute Gasteiger partial charge is 0.461 e. The molecule has 218 valence electrons. The standard InChI is InChI=1S/C36H38ClNO4/c1-25(2)42-36(40)34(22-28-10-6-5-7-11-28)41-19-9-8-12-31-21-29(15-18-32(31)37)24-38-23-27(4)20-33(38)35(39)30-16-13-26(3)14-17-30/h5-8,10-18,20-21,23,25,34H,9,19,22,24H2,1-4H3/t34-/m0/s1. The van der Waals surface area contributed by atoms with Crippen molar-refractivity contribution in [1.82, 2.24) is 4.57 Å². The van der Waals surface area contributed by atoms with E-state index in [1.807, 2.05) is 129 Å². The Hall–Kier alpha value is -3.93. The first-order valence-electron chi connectivity index (χ1n) is 14.3. The van der Waals surface area contributed by atoms with E-state index >= 15 is 0 Å². The number of halogens is 1. The number of aryl methyl sites for hydroxylation is 2. The Morgan fingerprint density at radius 3 is 2.36 bits per heavy atom. The highest BCUT2D eigenvalue weighted by Crippen LogP contribution is 2.22. The minimum atomic E-state index is -0.669.